The van der Waals surface area contributed by atoms with Gasteiger partial charge in [0.1, 0.15) is 5.75 Å². The summed E-state index contributed by atoms with van der Waals surface area (Å²) in [5, 5.41) is 6.34. The van der Waals surface area contributed by atoms with E-state index in [0.29, 0.717) is 20.9 Å². The number of hydrogen-bond donors (Lipinski definition) is 1. The van der Waals surface area contributed by atoms with E-state index in [0.717, 1.165) is 16.8 Å². The first kappa shape index (κ1) is 17.7. The molecule has 1 amide bonds. The highest BCUT2D eigenvalue weighted by atomic mass is 35.5. The molecule has 7 heteroatoms. The summed E-state index contributed by atoms with van der Waals surface area (Å²) in [6.07, 6.45) is 0. The van der Waals surface area contributed by atoms with Crippen LogP contribution in [-0.4, -0.2) is 17.5 Å². The first-order valence-electron chi connectivity index (χ1n) is 7.42. The SMILES string of the molecule is Cc1cc(OCC(=O)Nc2nc(-c3ccccc3Cl)cs2)ccc1Cl. The van der Waals surface area contributed by atoms with Crippen LogP contribution in [0.25, 0.3) is 11.3 Å². The summed E-state index contributed by atoms with van der Waals surface area (Å²) < 4.78 is 5.47. The van der Waals surface area contributed by atoms with Crippen LogP contribution in [0.15, 0.2) is 47.8 Å². The first-order chi connectivity index (χ1) is 12.0. The molecule has 0 aliphatic carbocycles. The molecule has 2 aromatic carbocycles. The molecule has 3 aromatic rings. The van der Waals surface area contributed by atoms with Crippen molar-refractivity contribution >= 4 is 45.6 Å². The predicted molar refractivity (Wildman–Crippen MR) is 103 cm³/mol. The standard InChI is InChI=1S/C18H14Cl2N2O2S/c1-11-8-12(6-7-14(11)19)24-9-17(23)22-18-21-16(10-25-18)13-4-2-3-5-15(13)20/h2-8,10H,9H2,1H3,(H,21,22,23). The number of rotatable bonds is 5. The van der Waals surface area contributed by atoms with Gasteiger partial charge in [0.15, 0.2) is 11.7 Å². The van der Waals surface area contributed by atoms with Gasteiger partial charge >= 0.3 is 0 Å². The maximum Gasteiger partial charge on any atom is 0.264 e. The Morgan fingerprint density at radius 2 is 2.00 bits per heavy atom. The van der Waals surface area contributed by atoms with Gasteiger partial charge < -0.3 is 4.74 Å². The molecule has 0 saturated carbocycles. The minimum absolute atomic E-state index is 0.109. The fourth-order valence-corrected chi connectivity index (χ4v) is 3.21. The zero-order valence-corrected chi connectivity index (χ0v) is 15.6. The fourth-order valence-electron chi connectivity index (χ4n) is 2.13. The quantitative estimate of drug-likeness (QED) is 0.628. The Balaban J connectivity index is 1.60. The number of carbonyl (C=O) groups is 1. The maximum absolute atomic E-state index is 12.0. The number of aryl methyl sites for hydroxylation is 1. The van der Waals surface area contributed by atoms with Crippen LogP contribution in [0, 0.1) is 6.92 Å². The van der Waals surface area contributed by atoms with Crippen molar-refractivity contribution in [2.24, 2.45) is 0 Å². The molecule has 1 N–H and O–H groups in total. The fraction of sp³-hybridized carbons (Fsp3) is 0.111. The lowest BCUT2D eigenvalue weighted by molar-refractivity contribution is -0.118. The monoisotopic (exact) mass is 392 g/mol. The van der Waals surface area contributed by atoms with E-state index in [-0.39, 0.29) is 12.5 Å². The van der Waals surface area contributed by atoms with E-state index >= 15 is 0 Å². The van der Waals surface area contributed by atoms with E-state index in [2.05, 4.69) is 10.3 Å². The molecule has 0 aliphatic heterocycles. The number of carbonyl (C=O) groups excluding carboxylic acids is 1. The van der Waals surface area contributed by atoms with Crippen molar-refractivity contribution in [2.45, 2.75) is 6.92 Å². The molecule has 0 atom stereocenters. The second-order valence-electron chi connectivity index (χ2n) is 5.27. The average Bonchev–Trinajstić information content (AvgIpc) is 3.04. The van der Waals surface area contributed by atoms with E-state index in [1.807, 2.05) is 30.5 Å². The molecule has 4 nitrogen and oxygen atoms in total. The summed E-state index contributed by atoms with van der Waals surface area (Å²) in [4.78, 5) is 16.4. The summed E-state index contributed by atoms with van der Waals surface area (Å²) >= 11 is 13.5. The van der Waals surface area contributed by atoms with Gasteiger partial charge in [-0.05, 0) is 36.8 Å². The highest BCUT2D eigenvalue weighted by Crippen LogP contribution is 2.30. The first-order valence-corrected chi connectivity index (χ1v) is 9.06. The van der Waals surface area contributed by atoms with E-state index in [9.17, 15) is 4.79 Å². The minimum Gasteiger partial charge on any atom is -0.484 e. The van der Waals surface area contributed by atoms with Gasteiger partial charge in [0.25, 0.3) is 5.91 Å². The maximum atomic E-state index is 12.0. The van der Waals surface area contributed by atoms with Gasteiger partial charge in [-0.1, -0.05) is 41.4 Å². The zero-order chi connectivity index (χ0) is 17.8. The minimum atomic E-state index is -0.285. The van der Waals surface area contributed by atoms with Crippen LogP contribution in [0.2, 0.25) is 10.0 Å². The summed E-state index contributed by atoms with van der Waals surface area (Å²) in [5.74, 6) is 0.306. The van der Waals surface area contributed by atoms with Crippen molar-refractivity contribution in [3.8, 4) is 17.0 Å². The van der Waals surface area contributed by atoms with Crippen molar-refractivity contribution in [2.75, 3.05) is 11.9 Å². The normalized spacial score (nSPS) is 10.5. The molecule has 0 unspecified atom stereocenters. The molecule has 1 aromatic heterocycles. The second-order valence-corrected chi connectivity index (χ2v) is 6.94. The summed E-state index contributed by atoms with van der Waals surface area (Å²) in [5.41, 5.74) is 2.44. The Kier molecular flexibility index (Phi) is 5.58. The van der Waals surface area contributed by atoms with Gasteiger partial charge in [-0.3, -0.25) is 10.1 Å². The topological polar surface area (TPSA) is 51.2 Å². The van der Waals surface area contributed by atoms with Crippen LogP contribution in [0.1, 0.15) is 5.56 Å². The third-order valence-electron chi connectivity index (χ3n) is 3.40. The summed E-state index contributed by atoms with van der Waals surface area (Å²) in [7, 11) is 0. The Bertz CT molecular complexity index is 912. The van der Waals surface area contributed by atoms with Crippen LogP contribution < -0.4 is 10.1 Å². The van der Waals surface area contributed by atoms with Crippen molar-refractivity contribution < 1.29 is 9.53 Å². The molecule has 25 heavy (non-hydrogen) atoms. The third kappa shape index (κ3) is 4.51. The Morgan fingerprint density at radius 1 is 1.20 bits per heavy atom. The number of benzene rings is 2. The van der Waals surface area contributed by atoms with Crippen LogP contribution in [0.3, 0.4) is 0 Å². The van der Waals surface area contributed by atoms with Gasteiger partial charge in [0.2, 0.25) is 0 Å². The Labute approximate surface area is 159 Å². The van der Waals surface area contributed by atoms with Crippen molar-refractivity contribution in [1.29, 1.82) is 0 Å². The molecule has 0 spiro atoms. The van der Waals surface area contributed by atoms with Gasteiger partial charge in [-0.25, -0.2) is 4.98 Å². The summed E-state index contributed by atoms with van der Waals surface area (Å²) in [6, 6.07) is 12.7. The van der Waals surface area contributed by atoms with Crippen LogP contribution >= 0.6 is 34.5 Å². The number of thiazole rings is 1. The molecule has 0 aliphatic rings. The number of aromatic nitrogens is 1. The van der Waals surface area contributed by atoms with Crippen molar-refractivity contribution in [1.82, 2.24) is 4.98 Å². The molecule has 0 saturated heterocycles. The molecular weight excluding hydrogens is 379 g/mol. The summed E-state index contributed by atoms with van der Waals surface area (Å²) in [6.45, 7) is 1.77. The molecule has 128 valence electrons. The number of nitrogens with one attached hydrogen (secondary N) is 1. The lowest BCUT2D eigenvalue weighted by Gasteiger charge is -2.07. The van der Waals surface area contributed by atoms with Gasteiger partial charge in [-0.2, -0.15) is 0 Å². The smallest absolute Gasteiger partial charge is 0.264 e. The predicted octanol–water partition coefficient (Wildman–Crippen LogP) is 5.44. The van der Waals surface area contributed by atoms with Crippen LogP contribution in [0.4, 0.5) is 5.13 Å². The Morgan fingerprint density at radius 3 is 2.76 bits per heavy atom. The average molecular weight is 393 g/mol. The number of halogens is 2. The van der Waals surface area contributed by atoms with Gasteiger partial charge in [-0.15, -0.1) is 11.3 Å². The number of hydrogen-bond acceptors (Lipinski definition) is 4. The molecular formula is C18H14Cl2N2O2S. The number of amides is 1. The highest BCUT2D eigenvalue weighted by Gasteiger charge is 2.11. The second kappa shape index (κ2) is 7.87. The lowest BCUT2D eigenvalue weighted by Crippen LogP contribution is -2.20. The zero-order valence-electron chi connectivity index (χ0n) is 13.3. The molecule has 0 fully saturated rings. The number of anilines is 1. The van der Waals surface area contributed by atoms with Gasteiger partial charge in [0.05, 0.1) is 5.69 Å². The highest BCUT2D eigenvalue weighted by molar-refractivity contribution is 7.14. The van der Waals surface area contributed by atoms with E-state index < -0.39 is 0 Å². The van der Waals surface area contributed by atoms with Crippen molar-refractivity contribution in [3.05, 3.63) is 63.5 Å². The van der Waals surface area contributed by atoms with Crippen LogP contribution in [-0.2, 0) is 4.79 Å². The molecule has 1 heterocycles. The molecule has 0 radical (unpaired) electrons. The van der Waals surface area contributed by atoms with Crippen LogP contribution in [0.5, 0.6) is 5.75 Å². The van der Waals surface area contributed by atoms with E-state index in [1.54, 1.807) is 24.3 Å². The van der Waals surface area contributed by atoms with E-state index in [1.165, 1.54) is 11.3 Å². The Hall–Kier alpha value is -2.08. The number of ether oxygens (including phenoxy) is 1. The molecule has 3 rings (SSSR count). The third-order valence-corrected chi connectivity index (χ3v) is 4.91. The molecule has 0 bridgehead atoms. The van der Waals surface area contributed by atoms with Crippen molar-refractivity contribution in [3.63, 3.8) is 0 Å². The number of nitrogens with zero attached hydrogens (tertiary/aromatic N) is 1. The van der Waals surface area contributed by atoms with Gasteiger partial charge in [0, 0.05) is 21.0 Å². The largest absolute Gasteiger partial charge is 0.484 e. The van der Waals surface area contributed by atoms with E-state index in [4.69, 9.17) is 27.9 Å². The lowest BCUT2D eigenvalue weighted by atomic mass is 10.2.